The Morgan fingerprint density at radius 3 is 2.22 bits per heavy atom. The van der Waals surface area contributed by atoms with E-state index < -0.39 is 0 Å². The Kier molecular flexibility index (Phi) is 5.56. The average Bonchev–Trinajstić information content (AvgIpc) is 2.38. The first-order valence-electron chi connectivity index (χ1n) is 6.38. The molecule has 0 radical (unpaired) electrons. The number of nitrogens with one attached hydrogen (secondary N) is 1. The predicted octanol–water partition coefficient (Wildman–Crippen LogP) is 2.91. The number of ketones is 1. The zero-order valence-corrected chi connectivity index (χ0v) is 11.3. The van der Waals surface area contributed by atoms with Crippen LogP contribution in [0.2, 0.25) is 0 Å². The fourth-order valence-electron chi connectivity index (χ4n) is 1.73. The molecular weight excluding hydrogens is 226 g/mol. The summed E-state index contributed by atoms with van der Waals surface area (Å²) in [7, 11) is 1.61. The van der Waals surface area contributed by atoms with Crippen LogP contribution in [0.25, 0.3) is 0 Å². The first-order chi connectivity index (χ1) is 8.54. The molecule has 0 bridgehead atoms. The zero-order chi connectivity index (χ0) is 13.5. The molecule has 1 amide bonds. The maximum atomic E-state index is 11.9. The smallest absolute Gasteiger partial charge is 0.219 e. The van der Waals surface area contributed by atoms with E-state index in [1.807, 2.05) is 24.3 Å². The first kappa shape index (κ1) is 14.4. The molecule has 0 aliphatic heterocycles. The van der Waals surface area contributed by atoms with Crippen molar-refractivity contribution >= 4 is 11.7 Å². The van der Waals surface area contributed by atoms with Crippen LogP contribution < -0.4 is 5.32 Å². The molecular formula is C15H21NO2. The lowest BCUT2D eigenvalue weighted by molar-refractivity contribution is -0.120. The number of hydrogen-bond acceptors (Lipinski definition) is 2. The van der Waals surface area contributed by atoms with Crippen LogP contribution in [0.5, 0.6) is 0 Å². The fraction of sp³-hybridized carbons (Fsp3) is 0.467. The van der Waals surface area contributed by atoms with Crippen molar-refractivity contribution in [3.05, 3.63) is 35.4 Å². The second-order valence-electron chi connectivity index (χ2n) is 4.73. The average molecular weight is 247 g/mol. The number of Topliss-reactive ketones (excluding diaryl/α,β-unsaturated/α-hetero) is 1. The molecule has 3 nitrogen and oxygen atoms in total. The van der Waals surface area contributed by atoms with Crippen LogP contribution in [0.3, 0.4) is 0 Å². The van der Waals surface area contributed by atoms with Gasteiger partial charge < -0.3 is 5.32 Å². The summed E-state index contributed by atoms with van der Waals surface area (Å²) in [5.41, 5.74) is 1.97. The summed E-state index contributed by atoms with van der Waals surface area (Å²) in [4.78, 5) is 22.9. The number of benzene rings is 1. The van der Waals surface area contributed by atoms with Crippen LogP contribution in [0, 0.1) is 0 Å². The van der Waals surface area contributed by atoms with E-state index in [1.54, 1.807) is 7.05 Å². The van der Waals surface area contributed by atoms with E-state index in [2.05, 4.69) is 19.2 Å². The molecule has 98 valence electrons. The summed E-state index contributed by atoms with van der Waals surface area (Å²) in [6.07, 6.45) is 1.44. The van der Waals surface area contributed by atoms with Gasteiger partial charge in [-0.15, -0.1) is 0 Å². The summed E-state index contributed by atoms with van der Waals surface area (Å²) in [5.74, 6) is 0.564. The summed E-state index contributed by atoms with van der Waals surface area (Å²) in [5, 5.41) is 2.55. The van der Waals surface area contributed by atoms with Gasteiger partial charge in [0.25, 0.3) is 0 Å². The van der Waals surface area contributed by atoms with Crippen LogP contribution in [0.15, 0.2) is 24.3 Å². The quantitative estimate of drug-likeness (QED) is 0.786. The Bertz CT molecular complexity index is 407. The molecule has 0 fully saturated rings. The second-order valence-corrected chi connectivity index (χ2v) is 4.73. The van der Waals surface area contributed by atoms with Crippen LogP contribution in [0.4, 0.5) is 0 Å². The van der Waals surface area contributed by atoms with E-state index in [0.717, 1.165) is 5.56 Å². The first-order valence-corrected chi connectivity index (χ1v) is 6.38. The van der Waals surface area contributed by atoms with E-state index in [1.165, 1.54) is 5.56 Å². The molecule has 0 saturated carbocycles. The maximum absolute atomic E-state index is 11.9. The highest BCUT2D eigenvalue weighted by Crippen LogP contribution is 2.16. The van der Waals surface area contributed by atoms with Crippen molar-refractivity contribution in [2.45, 2.75) is 39.0 Å². The van der Waals surface area contributed by atoms with E-state index in [9.17, 15) is 9.59 Å². The third kappa shape index (κ3) is 4.32. The van der Waals surface area contributed by atoms with Gasteiger partial charge in [0.15, 0.2) is 5.78 Å². The van der Waals surface area contributed by atoms with Crippen LogP contribution in [-0.2, 0) is 4.79 Å². The van der Waals surface area contributed by atoms with Crippen molar-refractivity contribution in [2.75, 3.05) is 7.05 Å². The SMILES string of the molecule is CNC(=O)CCCC(=O)c1ccc(C(C)C)cc1. The molecule has 0 spiro atoms. The second kappa shape index (κ2) is 6.94. The van der Waals surface area contributed by atoms with Gasteiger partial charge in [0.05, 0.1) is 0 Å². The summed E-state index contributed by atoms with van der Waals surface area (Å²) >= 11 is 0. The Morgan fingerprint density at radius 1 is 1.11 bits per heavy atom. The normalized spacial score (nSPS) is 10.4. The standard InChI is InChI=1S/C15H21NO2/c1-11(2)12-7-9-13(10-8-12)14(17)5-4-6-15(18)16-3/h7-11H,4-6H2,1-3H3,(H,16,18). The molecule has 0 aromatic heterocycles. The van der Waals surface area contributed by atoms with E-state index in [0.29, 0.717) is 25.2 Å². The Labute approximate surface area is 109 Å². The zero-order valence-electron chi connectivity index (χ0n) is 11.3. The topological polar surface area (TPSA) is 46.2 Å². The van der Waals surface area contributed by atoms with Crippen LogP contribution in [-0.4, -0.2) is 18.7 Å². The third-order valence-corrected chi connectivity index (χ3v) is 2.99. The molecule has 18 heavy (non-hydrogen) atoms. The molecule has 1 aromatic carbocycles. The number of rotatable bonds is 6. The van der Waals surface area contributed by atoms with Crippen molar-refractivity contribution in [1.82, 2.24) is 5.32 Å². The van der Waals surface area contributed by atoms with Gasteiger partial charge >= 0.3 is 0 Å². The lowest BCUT2D eigenvalue weighted by atomic mass is 9.99. The molecule has 0 aliphatic carbocycles. The minimum atomic E-state index is -0.0158. The van der Waals surface area contributed by atoms with Gasteiger partial charge in [-0.25, -0.2) is 0 Å². The molecule has 1 rings (SSSR count). The van der Waals surface area contributed by atoms with Crippen molar-refractivity contribution < 1.29 is 9.59 Å². The molecule has 3 heteroatoms. The highest BCUT2D eigenvalue weighted by Gasteiger charge is 2.07. The number of carbonyl (C=O) groups excluding carboxylic acids is 2. The molecule has 0 atom stereocenters. The van der Waals surface area contributed by atoms with Gasteiger partial charge in [-0.2, -0.15) is 0 Å². The molecule has 1 aromatic rings. The van der Waals surface area contributed by atoms with Gasteiger partial charge in [-0.05, 0) is 17.9 Å². The molecule has 0 unspecified atom stereocenters. The fourth-order valence-corrected chi connectivity index (χ4v) is 1.73. The predicted molar refractivity (Wildman–Crippen MR) is 72.8 cm³/mol. The highest BCUT2D eigenvalue weighted by molar-refractivity contribution is 5.96. The Balaban J connectivity index is 2.49. The largest absolute Gasteiger partial charge is 0.359 e. The van der Waals surface area contributed by atoms with Crippen molar-refractivity contribution in [3.8, 4) is 0 Å². The highest BCUT2D eigenvalue weighted by atomic mass is 16.1. The van der Waals surface area contributed by atoms with Gasteiger partial charge in [-0.3, -0.25) is 9.59 Å². The number of hydrogen-bond donors (Lipinski definition) is 1. The lowest BCUT2D eigenvalue weighted by Crippen LogP contribution is -2.17. The molecule has 1 N–H and O–H groups in total. The van der Waals surface area contributed by atoms with E-state index in [-0.39, 0.29) is 11.7 Å². The molecule has 0 saturated heterocycles. The van der Waals surface area contributed by atoms with Gasteiger partial charge in [0.2, 0.25) is 5.91 Å². The number of amides is 1. The van der Waals surface area contributed by atoms with E-state index >= 15 is 0 Å². The lowest BCUT2D eigenvalue weighted by Gasteiger charge is -2.06. The monoisotopic (exact) mass is 247 g/mol. The minimum absolute atomic E-state index is 0.0158. The summed E-state index contributed by atoms with van der Waals surface area (Å²) < 4.78 is 0. The van der Waals surface area contributed by atoms with Crippen LogP contribution in [0.1, 0.15) is 54.9 Å². The van der Waals surface area contributed by atoms with Crippen molar-refractivity contribution in [2.24, 2.45) is 0 Å². The summed E-state index contributed by atoms with van der Waals surface area (Å²) in [6, 6.07) is 7.74. The Morgan fingerprint density at radius 2 is 1.72 bits per heavy atom. The molecule has 0 heterocycles. The third-order valence-electron chi connectivity index (χ3n) is 2.99. The minimum Gasteiger partial charge on any atom is -0.359 e. The van der Waals surface area contributed by atoms with Crippen LogP contribution >= 0.6 is 0 Å². The molecule has 0 aliphatic rings. The Hall–Kier alpha value is -1.64. The van der Waals surface area contributed by atoms with Gasteiger partial charge in [0.1, 0.15) is 0 Å². The van der Waals surface area contributed by atoms with Crippen molar-refractivity contribution in [3.63, 3.8) is 0 Å². The maximum Gasteiger partial charge on any atom is 0.219 e. The van der Waals surface area contributed by atoms with Gasteiger partial charge in [0, 0.05) is 25.5 Å². The van der Waals surface area contributed by atoms with Crippen molar-refractivity contribution in [1.29, 1.82) is 0 Å². The van der Waals surface area contributed by atoms with Gasteiger partial charge in [-0.1, -0.05) is 38.1 Å². The van der Waals surface area contributed by atoms with E-state index in [4.69, 9.17) is 0 Å². The number of carbonyl (C=O) groups is 2. The summed E-state index contributed by atoms with van der Waals surface area (Å²) in [6.45, 7) is 4.25.